The van der Waals surface area contributed by atoms with Crippen molar-refractivity contribution in [1.82, 2.24) is 5.32 Å². The number of nitrogens with one attached hydrogen (secondary N) is 1. The van der Waals surface area contributed by atoms with Crippen molar-refractivity contribution in [2.24, 2.45) is 0 Å². The Morgan fingerprint density at radius 1 is 1.40 bits per heavy atom. The number of aryl methyl sites for hydroxylation is 1. The molecule has 0 amide bonds. The fourth-order valence-corrected chi connectivity index (χ4v) is 2.00. The normalized spacial score (nSPS) is 19.4. The second-order valence-electron chi connectivity index (χ2n) is 4.57. The van der Waals surface area contributed by atoms with Gasteiger partial charge in [0.1, 0.15) is 5.75 Å². The molecule has 1 heterocycles. The fraction of sp³-hybridized carbons (Fsp3) is 0.538. The first-order valence-electron chi connectivity index (χ1n) is 5.55. The third kappa shape index (κ3) is 2.00. The summed E-state index contributed by atoms with van der Waals surface area (Å²) >= 11 is 0. The first-order chi connectivity index (χ1) is 7.13. The third-order valence-electron chi connectivity index (χ3n) is 3.02. The monoisotopic (exact) mass is 205 g/mol. The molecule has 82 valence electrons. The Morgan fingerprint density at radius 3 is 2.53 bits per heavy atom. The molecule has 15 heavy (non-hydrogen) atoms. The van der Waals surface area contributed by atoms with Gasteiger partial charge in [0.15, 0.2) is 0 Å². The molecule has 0 bridgehead atoms. The van der Waals surface area contributed by atoms with Crippen molar-refractivity contribution in [3.63, 3.8) is 0 Å². The molecule has 1 saturated heterocycles. The minimum absolute atomic E-state index is 0.512. The van der Waals surface area contributed by atoms with Crippen molar-refractivity contribution < 1.29 is 4.74 Å². The highest BCUT2D eigenvalue weighted by atomic mass is 16.5. The molecular weight excluding hydrogens is 186 g/mol. The Balaban J connectivity index is 2.46. The van der Waals surface area contributed by atoms with Gasteiger partial charge in [-0.05, 0) is 41.7 Å². The summed E-state index contributed by atoms with van der Waals surface area (Å²) in [7, 11) is 1.75. The van der Waals surface area contributed by atoms with E-state index in [1.807, 2.05) is 0 Å². The van der Waals surface area contributed by atoms with Crippen LogP contribution in [0.1, 0.15) is 42.5 Å². The van der Waals surface area contributed by atoms with Crippen LogP contribution in [0, 0.1) is 6.92 Å². The van der Waals surface area contributed by atoms with Crippen LogP contribution in [0.15, 0.2) is 12.1 Å². The predicted molar refractivity (Wildman–Crippen MR) is 62.6 cm³/mol. The summed E-state index contributed by atoms with van der Waals surface area (Å²) < 4.78 is 5.42. The molecule has 1 N–H and O–H groups in total. The summed E-state index contributed by atoms with van der Waals surface area (Å²) in [6.07, 6.45) is 0. The van der Waals surface area contributed by atoms with Gasteiger partial charge in [-0.2, -0.15) is 0 Å². The molecule has 1 atom stereocenters. The van der Waals surface area contributed by atoms with E-state index in [4.69, 9.17) is 4.74 Å². The van der Waals surface area contributed by atoms with Crippen molar-refractivity contribution in [1.29, 1.82) is 0 Å². The van der Waals surface area contributed by atoms with Crippen LogP contribution in [0.3, 0.4) is 0 Å². The van der Waals surface area contributed by atoms with E-state index in [2.05, 4.69) is 38.2 Å². The molecule has 0 aromatic heterocycles. The van der Waals surface area contributed by atoms with Crippen molar-refractivity contribution in [3.8, 4) is 5.75 Å². The number of methoxy groups -OCH3 is 1. The second-order valence-corrected chi connectivity index (χ2v) is 4.57. The fourth-order valence-electron chi connectivity index (χ4n) is 2.00. The molecule has 1 unspecified atom stereocenters. The Kier molecular flexibility index (Phi) is 2.70. The van der Waals surface area contributed by atoms with Crippen molar-refractivity contribution in [3.05, 3.63) is 28.8 Å². The van der Waals surface area contributed by atoms with Gasteiger partial charge in [0, 0.05) is 12.6 Å². The summed E-state index contributed by atoms with van der Waals surface area (Å²) in [6, 6.07) is 5.03. The van der Waals surface area contributed by atoms with E-state index >= 15 is 0 Å². The van der Waals surface area contributed by atoms with Gasteiger partial charge in [0.05, 0.1) is 7.11 Å². The standard InChI is InChI=1S/C13H19NO/c1-8(2)10-6-11(12-7-14-12)9(3)5-13(10)15-4/h5-6,8,12,14H,7H2,1-4H3. The molecule has 1 aliphatic heterocycles. The smallest absolute Gasteiger partial charge is 0.122 e. The first kappa shape index (κ1) is 10.5. The van der Waals surface area contributed by atoms with E-state index < -0.39 is 0 Å². The second kappa shape index (κ2) is 3.86. The van der Waals surface area contributed by atoms with Crippen molar-refractivity contribution >= 4 is 0 Å². The van der Waals surface area contributed by atoms with Crippen molar-refractivity contribution in [2.75, 3.05) is 13.7 Å². The lowest BCUT2D eigenvalue weighted by atomic mass is 9.95. The SMILES string of the molecule is COc1cc(C)c(C2CN2)cc1C(C)C. The average Bonchev–Trinajstić information content (AvgIpc) is 3.00. The number of hydrogen-bond donors (Lipinski definition) is 1. The van der Waals surface area contributed by atoms with Crippen LogP contribution >= 0.6 is 0 Å². The zero-order chi connectivity index (χ0) is 11.0. The Hall–Kier alpha value is -1.02. The van der Waals surface area contributed by atoms with Crippen LogP contribution in [0.5, 0.6) is 5.75 Å². The Bertz CT molecular complexity index is 367. The number of ether oxygens (including phenoxy) is 1. The lowest BCUT2D eigenvalue weighted by Crippen LogP contribution is -1.99. The van der Waals surface area contributed by atoms with Crippen LogP contribution < -0.4 is 10.1 Å². The van der Waals surface area contributed by atoms with Gasteiger partial charge >= 0.3 is 0 Å². The molecule has 2 rings (SSSR count). The number of rotatable bonds is 3. The molecule has 1 aromatic carbocycles. The van der Waals surface area contributed by atoms with Gasteiger partial charge < -0.3 is 10.1 Å². The van der Waals surface area contributed by atoms with Gasteiger partial charge in [-0.1, -0.05) is 13.8 Å². The van der Waals surface area contributed by atoms with Gasteiger partial charge in [0.2, 0.25) is 0 Å². The quantitative estimate of drug-likeness (QED) is 0.769. The predicted octanol–water partition coefficient (Wildman–Crippen LogP) is 2.77. The van der Waals surface area contributed by atoms with Crippen LogP contribution in [-0.2, 0) is 0 Å². The van der Waals surface area contributed by atoms with E-state index in [1.54, 1.807) is 7.11 Å². The maximum absolute atomic E-state index is 5.42. The van der Waals surface area contributed by atoms with E-state index in [0.717, 1.165) is 12.3 Å². The molecule has 0 spiro atoms. The summed E-state index contributed by atoms with van der Waals surface area (Å²) in [6.45, 7) is 7.68. The highest BCUT2D eigenvalue weighted by molar-refractivity contribution is 5.46. The summed E-state index contributed by atoms with van der Waals surface area (Å²) in [5, 5.41) is 3.35. The van der Waals surface area contributed by atoms with Crippen LogP contribution in [-0.4, -0.2) is 13.7 Å². The summed E-state index contributed by atoms with van der Waals surface area (Å²) in [5.41, 5.74) is 4.07. The molecule has 1 fully saturated rings. The Morgan fingerprint density at radius 2 is 2.07 bits per heavy atom. The van der Waals surface area contributed by atoms with E-state index in [9.17, 15) is 0 Å². The molecule has 0 radical (unpaired) electrons. The minimum Gasteiger partial charge on any atom is -0.496 e. The first-order valence-corrected chi connectivity index (χ1v) is 5.55. The van der Waals surface area contributed by atoms with Crippen LogP contribution in [0.4, 0.5) is 0 Å². The molecular formula is C13H19NO. The van der Waals surface area contributed by atoms with E-state index in [0.29, 0.717) is 12.0 Å². The number of hydrogen-bond acceptors (Lipinski definition) is 2. The highest BCUT2D eigenvalue weighted by Crippen LogP contribution is 2.34. The lowest BCUT2D eigenvalue weighted by Gasteiger charge is -2.15. The molecule has 0 saturated carbocycles. The largest absolute Gasteiger partial charge is 0.496 e. The van der Waals surface area contributed by atoms with Gasteiger partial charge in [-0.25, -0.2) is 0 Å². The summed E-state index contributed by atoms with van der Waals surface area (Å²) in [5.74, 6) is 1.53. The molecule has 2 heteroatoms. The van der Waals surface area contributed by atoms with E-state index in [-0.39, 0.29) is 0 Å². The maximum atomic E-state index is 5.42. The van der Waals surface area contributed by atoms with Gasteiger partial charge in [0.25, 0.3) is 0 Å². The topological polar surface area (TPSA) is 31.2 Å². The highest BCUT2D eigenvalue weighted by Gasteiger charge is 2.25. The maximum Gasteiger partial charge on any atom is 0.122 e. The van der Waals surface area contributed by atoms with Gasteiger partial charge in [-0.3, -0.25) is 0 Å². The van der Waals surface area contributed by atoms with E-state index in [1.165, 1.54) is 16.7 Å². The number of benzene rings is 1. The Labute approximate surface area is 91.6 Å². The minimum atomic E-state index is 0.512. The average molecular weight is 205 g/mol. The molecule has 0 aliphatic carbocycles. The molecule has 2 nitrogen and oxygen atoms in total. The van der Waals surface area contributed by atoms with Crippen molar-refractivity contribution in [2.45, 2.75) is 32.7 Å². The zero-order valence-electron chi connectivity index (χ0n) is 9.92. The van der Waals surface area contributed by atoms with Gasteiger partial charge in [-0.15, -0.1) is 0 Å². The van der Waals surface area contributed by atoms with Crippen LogP contribution in [0.2, 0.25) is 0 Å². The molecule has 1 aromatic rings. The third-order valence-corrected chi connectivity index (χ3v) is 3.02. The lowest BCUT2D eigenvalue weighted by molar-refractivity contribution is 0.407. The molecule has 1 aliphatic rings. The summed E-state index contributed by atoms with van der Waals surface area (Å²) in [4.78, 5) is 0. The zero-order valence-corrected chi connectivity index (χ0v) is 9.92. The van der Waals surface area contributed by atoms with Crippen LogP contribution in [0.25, 0.3) is 0 Å².